The average Bonchev–Trinajstić information content (AvgIpc) is 2.15. The van der Waals surface area contributed by atoms with Crippen molar-refractivity contribution in [2.24, 2.45) is 5.92 Å². The molecule has 0 atom stereocenters. The highest BCUT2D eigenvalue weighted by molar-refractivity contribution is 6.31. The SMILES string of the molecule is O=C(O)C(=O)NCC1CCC(F)(F)CC1. The van der Waals surface area contributed by atoms with Crippen LogP contribution >= 0.6 is 0 Å². The van der Waals surface area contributed by atoms with Gasteiger partial charge >= 0.3 is 11.9 Å². The van der Waals surface area contributed by atoms with Crippen LogP contribution in [0.15, 0.2) is 0 Å². The van der Waals surface area contributed by atoms with Crippen LogP contribution in [0.5, 0.6) is 0 Å². The quantitative estimate of drug-likeness (QED) is 0.684. The normalized spacial score (nSPS) is 20.9. The Hall–Kier alpha value is -1.20. The molecule has 1 fully saturated rings. The molecule has 0 saturated heterocycles. The van der Waals surface area contributed by atoms with E-state index in [1.807, 2.05) is 0 Å². The summed E-state index contributed by atoms with van der Waals surface area (Å²) in [5.74, 6) is -5.25. The predicted octanol–water partition coefficient (Wildman–Crippen LogP) is 1.01. The van der Waals surface area contributed by atoms with E-state index >= 15 is 0 Å². The third kappa shape index (κ3) is 3.81. The van der Waals surface area contributed by atoms with Gasteiger partial charge in [0, 0.05) is 19.4 Å². The number of rotatable bonds is 2. The zero-order valence-electron chi connectivity index (χ0n) is 8.13. The Kier molecular flexibility index (Phi) is 3.60. The molecule has 0 bridgehead atoms. The van der Waals surface area contributed by atoms with Crippen molar-refractivity contribution in [3.05, 3.63) is 0 Å². The number of halogens is 2. The molecule has 0 aromatic carbocycles. The van der Waals surface area contributed by atoms with Crippen molar-refractivity contribution in [3.63, 3.8) is 0 Å². The lowest BCUT2D eigenvalue weighted by atomic mass is 9.87. The molecule has 0 aromatic heterocycles. The van der Waals surface area contributed by atoms with Gasteiger partial charge in [-0.15, -0.1) is 0 Å². The van der Waals surface area contributed by atoms with Crippen LogP contribution in [0.4, 0.5) is 8.78 Å². The van der Waals surface area contributed by atoms with Gasteiger partial charge in [0.2, 0.25) is 5.92 Å². The summed E-state index contributed by atoms with van der Waals surface area (Å²) in [5, 5.41) is 10.5. The maximum atomic E-state index is 12.7. The fourth-order valence-corrected chi connectivity index (χ4v) is 1.62. The number of hydrogen-bond donors (Lipinski definition) is 2. The van der Waals surface area contributed by atoms with Crippen molar-refractivity contribution in [1.82, 2.24) is 5.32 Å². The highest BCUT2D eigenvalue weighted by Gasteiger charge is 2.34. The molecule has 0 aliphatic heterocycles. The van der Waals surface area contributed by atoms with E-state index in [2.05, 4.69) is 5.32 Å². The summed E-state index contributed by atoms with van der Waals surface area (Å²) >= 11 is 0. The van der Waals surface area contributed by atoms with E-state index in [4.69, 9.17) is 5.11 Å². The van der Waals surface area contributed by atoms with Crippen LogP contribution in [-0.2, 0) is 9.59 Å². The fourth-order valence-electron chi connectivity index (χ4n) is 1.62. The summed E-state index contributed by atoms with van der Waals surface area (Å²) in [7, 11) is 0. The Morgan fingerprint density at radius 2 is 1.87 bits per heavy atom. The van der Waals surface area contributed by atoms with E-state index in [1.165, 1.54) is 0 Å². The zero-order valence-corrected chi connectivity index (χ0v) is 8.13. The Balaban J connectivity index is 2.25. The molecule has 1 aliphatic carbocycles. The zero-order chi connectivity index (χ0) is 11.5. The lowest BCUT2D eigenvalue weighted by molar-refractivity contribution is -0.150. The maximum Gasteiger partial charge on any atom is 0.394 e. The second kappa shape index (κ2) is 4.55. The van der Waals surface area contributed by atoms with Crippen molar-refractivity contribution in [1.29, 1.82) is 0 Å². The largest absolute Gasteiger partial charge is 0.474 e. The Labute approximate surface area is 85.7 Å². The second-order valence-electron chi connectivity index (χ2n) is 3.81. The van der Waals surface area contributed by atoms with E-state index < -0.39 is 17.8 Å². The molecule has 0 heterocycles. The van der Waals surface area contributed by atoms with Crippen molar-refractivity contribution < 1.29 is 23.5 Å². The molecule has 4 nitrogen and oxygen atoms in total. The van der Waals surface area contributed by atoms with Crippen LogP contribution in [-0.4, -0.2) is 29.5 Å². The third-order valence-corrected chi connectivity index (χ3v) is 2.58. The highest BCUT2D eigenvalue weighted by Crippen LogP contribution is 2.35. The summed E-state index contributed by atoms with van der Waals surface area (Å²) in [6, 6.07) is 0. The minimum atomic E-state index is -2.59. The average molecular weight is 221 g/mol. The number of aliphatic carboxylic acids is 1. The van der Waals surface area contributed by atoms with E-state index in [0.717, 1.165) is 0 Å². The molecule has 6 heteroatoms. The number of carboxylic acids is 1. The monoisotopic (exact) mass is 221 g/mol. The Bertz CT molecular complexity index is 258. The molecule has 0 aromatic rings. The number of amides is 1. The first-order valence-electron chi connectivity index (χ1n) is 4.80. The standard InChI is InChI=1S/C9H13F2NO3/c10-9(11)3-1-6(2-4-9)5-12-7(13)8(14)15/h6H,1-5H2,(H,12,13)(H,14,15). The molecular weight excluding hydrogens is 208 g/mol. The van der Waals surface area contributed by atoms with Gasteiger partial charge in [-0.25, -0.2) is 13.6 Å². The van der Waals surface area contributed by atoms with Gasteiger partial charge in [-0.2, -0.15) is 0 Å². The first kappa shape index (κ1) is 11.9. The van der Waals surface area contributed by atoms with Crippen LogP contribution < -0.4 is 5.32 Å². The number of carbonyl (C=O) groups is 2. The van der Waals surface area contributed by atoms with Crippen LogP contribution in [0, 0.1) is 5.92 Å². The van der Waals surface area contributed by atoms with Gasteiger partial charge in [0.15, 0.2) is 0 Å². The van der Waals surface area contributed by atoms with Gasteiger partial charge in [-0.3, -0.25) is 4.79 Å². The van der Waals surface area contributed by atoms with E-state index in [-0.39, 0.29) is 25.3 Å². The number of nitrogens with one attached hydrogen (secondary N) is 1. The Morgan fingerprint density at radius 1 is 1.33 bits per heavy atom. The topological polar surface area (TPSA) is 66.4 Å². The lowest BCUT2D eigenvalue weighted by Gasteiger charge is -2.27. The number of hydrogen-bond acceptors (Lipinski definition) is 2. The molecule has 0 unspecified atom stereocenters. The first-order valence-corrected chi connectivity index (χ1v) is 4.80. The lowest BCUT2D eigenvalue weighted by Crippen LogP contribution is -2.37. The van der Waals surface area contributed by atoms with Gasteiger partial charge in [0.1, 0.15) is 0 Å². The second-order valence-corrected chi connectivity index (χ2v) is 3.81. The van der Waals surface area contributed by atoms with Crippen molar-refractivity contribution in [2.75, 3.05) is 6.54 Å². The molecule has 1 aliphatic rings. The molecule has 1 saturated carbocycles. The molecule has 1 rings (SSSR count). The summed E-state index contributed by atoms with van der Waals surface area (Å²) in [4.78, 5) is 20.8. The molecule has 2 N–H and O–H groups in total. The molecule has 0 spiro atoms. The smallest absolute Gasteiger partial charge is 0.394 e. The van der Waals surface area contributed by atoms with Gasteiger partial charge in [0.05, 0.1) is 0 Å². The van der Waals surface area contributed by atoms with Crippen LogP contribution in [0.25, 0.3) is 0 Å². The molecule has 86 valence electrons. The summed E-state index contributed by atoms with van der Waals surface area (Å²) < 4.78 is 25.4. The summed E-state index contributed by atoms with van der Waals surface area (Å²) in [5.41, 5.74) is 0. The van der Waals surface area contributed by atoms with Crippen molar-refractivity contribution >= 4 is 11.9 Å². The minimum absolute atomic E-state index is 0.0343. The van der Waals surface area contributed by atoms with Gasteiger partial charge < -0.3 is 10.4 Å². The molecule has 15 heavy (non-hydrogen) atoms. The van der Waals surface area contributed by atoms with E-state index in [0.29, 0.717) is 12.8 Å². The number of carboxylic acid groups (broad SMARTS) is 1. The van der Waals surface area contributed by atoms with Crippen LogP contribution in [0.2, 0.25) is 0 Å². The number of alkyl halides is 2. The fraction of sp³-hybridized carbons (Fsp3) is 0.778. The summed E-state index contributed by atoms with van der Waals surface area (Å²) in [6.45, 7) is 0.168. The number of carbonyl (C=O) groups excluding carboxylic acids is 1. The predicted molar refractivity (Wildman–Crippen MR) is 47.6 cm³/mol. The van der Waals surface area contributed by atoms with Crippen LogP contribution in [0.1, 0.15) is 25.7 Å². The first-order chi connectivity index (χ1) is 6.91. The minimum Gasteiger partial charge on any atom is -0.474 e. The molecule has 0 radical (unpaired) electrons. The maximum absolute atomic E-state index is 12.7. The van der Waals surface area contributed by atoms with Crippen LogP contribution in [0.3, 0.4) is 0 Å². The van der Waals surface area contributed by atoms with E-state index in [1.54, 1.807) is 0 Å². The third-order valence-electron chi connectivity index (χ3n) is 2.58. The highest BCUT2D eigenvalue weighted by atomic mass is 19.3. The molecule has 1 amide bonds. The summed E-state index contributed by atoms with van der Waals surface area (Å²) in [6.07, 6.45) is 0.293. The van der Waals surface area contributed by atoms with E-state index in [9.17, 15) is 18.4 Å². The van der Waals surface area contributed by atoms with Gasteiger partial charge in [0.25, 0.3) is 0 Å². The Morgan fingerprint density at radius 3 is 2.33 bits per heavy atom. The van der Waals surface area contributed by atoms with Gasteiger partial charge in [-0.1, -0.05) is 0 Å². The van der Waals surface area contributed by atoms with Gasteiger partial charge in [-0.05, 0) is 18.8 Å². The van der Waals surface area contributed by atoms with Crippen molar-refractivity contribution in [3.8, 4) is 0 Å². The molecular formula is C9H13F2NO3. The van der Waals surface area contributed by atoms with Crippen molar-refractivity contribution in [2.45, 2.75) is 31.6 Å².